The van der Waals surface area contributed by atoms with Crippen molar-refractivity contribution in [2.75, 3.05) is 7.11 Å². The molecule has 2 aromatic rings. The zero-order valence-electron chi connectivity index (χ0n) is 15.6. The molecule has 2 aliphatic rings. The highest BCUT2D eigenvalue weighted by atomic mass is 35.5. The summed E-state index contributed by atoms with van der Waals surface area (Å²) in [6, 6.07) is 11.4. The van der Waals surface area contributed by atoms with Crippen LogP contribution in [0.5, 0.6) is 0 Å². The van der Waals surface area contributed by atoms with Crippen LogP contribution in [0.4, 0.5) is 0 Å². The molecule has 0 amide bonds. The summed E-state index contributed by atoms with van der Waals surface area (Å²) in [4.78, 5) is 27.0. The topological polar surface area (TPSA) is 55.4 Å². The van der Waals surface area contributed by atoms with E-state index < -0.39 is 11.9 Å². The second-order valence-corrected chi connectivity index (χ2v) is 8.49. The Morgan fingerprint density at radius 3 is 2.61 bits per heavy atom. The molecule has 0 spiro atoms. The maximum atomic E-state index is 13.3. The molecular weight excluding hydrogens is 394 g/mol. The van der Waals surface area contributed by atoms with Crippen LogP contribution >= 0.6 is 22.9 Å². The van der Waals surface area contributed by atoms with E-state index in [1.165, 1.54) is 12.0 Å². The first-order valence-corrected chi connectivity index (χ1v) is 10.4. The van der Waals surface area contributed by atoms with Gasteiger partial charge in [-0.25, -0.2) is 4.79 Å². The minimum atomic E-state index is -0.447. The third kappa shape index (κ3) is 3.29. The number of allylic oxidation sites excluding steroid dienone is 3. The number of ether oxygens (including phenoxy) is 1. The predicted molar refractivity (Wildman–Crippen MR) is 110 cm³/mol. The molecule has 2 atom stereocenters. The molecule has 144 valence electrons. The first-order chi connectivity index (χ1) is 13.5. The van der Waals surface area contributed by atoms with Crippen LogP contribution in [0.25, 0.3) is 0 Å². The van der Waals surface area contributed by atoms with Crippen molar-refractivity contribution >= 4 is 34.7 Å². The Morgan fingerprint density at radius 2 is 1.96 bits per heavy atom. The quantitative estimate of drug-likeness (QED) is 0.724. The second kappa shape index (κ2) is 7.57. The highest BCUT2D eigenvalue weighted by molar-refractivity contribution is 7.10. The summed E-state index contributed by atoms with van der Waals surface area (Å²) in [6.45, 7) is 1.86. The fraction of sp³-hybridized carbons (Fsp3) is 0.273. The van der Waals surface area contributed by atoms with Gasteiger partial charge in [0.05, 0.1) is 12.7 Å². The van der Waals surface area contributed by atoms with Crippen LogP contribution in [0.1, 0.15) is 42.0 Å². The van der Waals surface area contributed by atoms with Crippen LogP contribution in [0.2, 0.25) is 5.02 Å². The van der Waals surface area contributed by atoms with Crippen molar-refractivity contribution in [1.82, 2.24) is 5.32 Å². The van der Waals surface area contributed by atoms with Crippen molar-refractivity contribution < 1.29 is 14.3 Å². The van der Waals surface area contributed by atoms with Crippen LogP contribution in [0.3, 0.4) is 0 Å². The number of esters is 1. The summed E-state index contributed by atoms with van der Waals surface area (Å²) >= 11 is 7.73. The number of Topliss-reactive ketones (excluding diaryl/α,β-unsaturated/α-hetero) is 1. The van der Waals surface area contributed by atoms with Gasteiger partial charge in [-0.05, 0) is 42.5 Å². The molecule has 4 nitrogen and oxygen atoms in total. The molecule has 0 radical (unpaired) electrons. The molecule has 0 saturated carbocycles. The molecule has 6 heteroatoms. The van der Waals surface area contributed by atoms with Crippen molar-refractivity contribution in [3.63, 3.8) is 0 Å². The summed E-state index contributed by atoms with van der Waals surface area (Å²) in [5, 5.41) is 5.98. The van der Waals surface area contributed by atoms with E-state index in [1.54, 1.807) is 23.5 Å². The lowest BCUT2D eigenvalue weighted by Crippen LogP contribution is -2.35. The Labute approximate surface area is 172 Å². The zero-order valence-corrected chi connectivity index (χ0v) is 17.2. The zero-order chi connectivity index (χ0) is 19.8. The Hall–Kier alpha value is -2.37. The van der Waals surface area contributed by atoms with Crippen molar-refractivity contribution in [3.05, 3.63) is 79.8 Å². The van der Waals surface area contributed by atoms with E-state index in [0.29, 0.717) is 22.6 Å². The minimum Gasteiger partial charge on any atom is -0.466 e. The third-order valence-electron chi connectivity index (χ3n) is 5.38. The minimum absolute atomic E-state index is 0.0704. The molecule has 0 fully saturated rings. The number of dihydropyridines is 1. The molecule has 0 saturated heterocycles. The number of benzene rings is 1. The lowest BCUT2D eigenvalue weighted by atomic mass is 9.72. The molecule has 1 aliphatic heterocycles. The normalized spacial score (nSPS) is 22.0. The van der Waals surface area contributed by atoms with Crippen molar-refractivity contribution in [3.8, 4) is 0 Å². The molecule has 28 heavy (non-hydrogen) atoms. The van der Waals surface area contributed by atoms with Gasteiger partial charge in [0.2, 0.25) is 0 Å². The fourth-order valence-electron chi connectivity index (χ4n) is 4.13. The number of carbonyl (C=O) groups is 2. The molecule has 2 heterocycles. The average Bonchev–Trinajstić information content (AvgIpc) is 3.21. The third-order valence-corrected chi connectivity index (χ3v) is 6.67. The monoisotopic (exact) mass is 413 g/mol. The van der Waals surface area contributed by atoms with Gasteiger partial charge in [0, 0.05) is 45.1 Å². The highest BCUT2D eigenvalue weighted by Gasteiger charge is 2.41. The molecule has 1 aromatic heterocycles. The van der Waals surface area contributed by atoms with Crippen LogP contribution in [-0.2, 0) is 14.3 Å². The SMILES string of the molecule is COC(=O)C1=C(C)NC2=C(C(=O)C[C@H](c3cccs3)C2)[C@H]1c1ccc(Cl)cc1. The molecule has 1 N–H and O–H groups in total. The number of hydrogen-bond acceptors (Lipinski definition) is 5. The fourth-order valence-corrected chi connectivity index (χ4v) is 5.09. The van der Waals surface area contributed by atoms with E-state index in [9.17, 15) is 9.59 Å². The Morgan fingerprint density at radius 1 is 1.21 bits per heavy atom. The first-order valence-electron chi connectivity index (χ1n) is 9.10. The number of carbonyl (C=O) groups excluding carboxylic acids is 2. The van der Waals surface area contributed by atoms with Gasteiger partial charge in [-0.3, -0.25) is 4.79 Å². The Balaban J connectivity index is 1.82. The molecular formula is C22H20ClNO3S. The predicted octanol–water partition coefficient (Wildman–Crippen LogP) is 4.94. The standard InChI is InChI=1S/C22H20ClNO3S/c1-12-19(22(26)27-2)20(13-5-7-15(23)8-6-13)21-16(24-12)10-14(11-17(21)25)18-4-3-9-28-18/h3-9,14,20,24H,10-11H2,1-2H3/t14-,20+/m1/s1. The van der Waals surface area contributed by atoms with E-state index in [4.69, 9.17) is 16.3 Å². The second-order valence-electron chi connectivity index (χ2n) is 7.08. The van der Waals surface area contributed by atoms with Gasteiger partial charge in [-0.2, -0.15) is 0 Å². The lowest BCUT2D eigenvalue weighted by molar-refractivity contribution is -0.136. The van der Waals surface area contributed by atoms with Crippen LogP contribution in [0.15, 0.2) is 64.3 Å². The number of hydrogen-bond donors (Lipinski definition) is 1. The van der Waals surface area contributed by atoms with Crippen molar-refractivity contribution in [1.29, 1.82) is 0 Å². The van der Waals surface area contributed by atoms with E-state index >= 15 is 0 Å². The smallest absolute Gasteiger partial charge is 0.336 e. The summed E-state index contributed by atoms with van der Waals surface area (Å²) in [5.74, 6) is -0.638. The van der Waals surface area contributed by atoms with Gasteiger partial charge in [0.25, 0.3) is 0 Å². The van der Waals surface area contributed by atoms with Gasteiger partial charge >= 0.3 is 5.97 Å². The van der Waals surface area contributed by atoms with Crippen LogP contribution in [-0.4, -0.2) is 18.9 Å². The van der Waals surface area contributed by atoms with Crippen molar-refractivity contribution in [2.45, 2.75) is 31.6 Å². The number of halogens is 1. The maximum Gasteiger partial charge on any atom is 0.336 e. The van der Waals surface area contributed by atoms with E-state index in [-0.39, 0.29) is 11.7 Å². The Kier molecular flexibility index (Phi) is 5.13. The van der Waals surface area contributed by atoms with E-state index in [1.807, 2.05) is 30.5 Å². The molecule has 1 aromatic carbocycles. The van der Waals surface area contributed by atoms with Gasteiger partial charge in [-0.15, -0.1) is 11.3 Å². The van der Waals surface area contributed by atoms with E-state index in [2.05, 4.69) is 11.4 Å². The van der Waals surface area contributed by atoms with Crippen LogP contribution in [0, 0.1) is 0 Å². The van der Waals surface area contributed by atoms with Gasteiger partial charge in [-0.1, -0.05) is 29.8 Å². The van der Waals surface area contributed by atoms with Crippen molar-refractivity contribution in [2.24, 2.45) is 0 Å². The highest BCUT2D eigenvalue weighted by Crippen LogP contribution is 2.46. The average molecular weight is 414 g/mol. The number of ketones is 1. The van der Waals surface area contributed by atoms with E-state index in [0.717, 1.165) is 23.4 Å². The number of nitrogens with one attached hydrogen (secondary N) is 1. The van der Waals surface area contributed by atoms with Gasteiger partial charge < -0.3 is 10.1 Å². The lowest BCUT2D eigenvalue weighted by Gasteiger charge is -2.36. The number of methoxy groups -OCH3 is 1. The molecule has 0 bridgehead atoms. The summed E-state index contributed by atoms with van der Waals surface area (Å²) < 4.78 is 5.04. The summed E-state index contributed by atoms with van der Waals surface area (Å²) in [7, 11) is 1.36. The maximum absolute atomic E-state index is 13.3. The van der Waals surface area contributed by atoms with Gasteiger partial charge in [0.1, 0.15) is 0 Å². The molecule has 0 unspecified atom stereocenters. The summed E-state index contributed by atoms with van der Waals surface area (Å²) in [5.41, 5.74) is 3.64. The largest absolute Gasteiger partial charge is 0.466 e. The van der Waals surface area contributed by atoms with Crippen LogP contribution < -0.4 is 5.32 Å². The first kappa shape index (κ1) is 19.0. The summed E-state index contributed by atoms with van der Waals surface area (Å²) in [6.07, 6.45) is 1.19. The Bertz CT molecular complexity index is 989. The number of thiophene rings is 1. The molecule has 4 rings (SSSR count). The van der Waals surface area contributed by atoms with Gasteiger partial charge in [0.15, 0.2) is 5.78 Å². The number of rotatable bonds is 3. The molecule has 1 aliphatic carbocycles.